The van der Waals surface area contributed by atoms with Gasteiger partial charge in [-0.1, -0.05) is 32.0 Å². The number of nitrogens with zero attached hydrogens (tertiary/aromatic N) is 3. The van der Waals surface area contributed by atoms with Gasteiger partial charge in [0.25, 0.3) is 0 Å². The SMILES string of the molecule is C=CN1CCCOc2c(-c3ccc(F)cc3F)c(Cl)cc(C(=NC)N3CCNCC3C)c21.CC. The highest BCUT2D eigenvalue weighted by molar-refractivity contribution is 6.34. The molecule has 0 bridgehead atoms. The largest absolute Gasteiger partial charge is 0.491 e. The summed E-state index contributed by atoms with van der Waals surface area (Å²) in [5.41, 5.74) is 2.14. The molecule has 2 aliphatic heterocycles. The highest BCUT2D eigenvalue weighted by Crippen LogP contribution is 2.48. The Morgan fingerprint density at radius 2 is 2.03 bits per heavy atom. The van der Waals surface area contributed by atoms with Crippen molar-refractivity contribution in [2.24, 2.45) is 4.99 Å². The summed E-state index contributed by atoms with van der Waals surface area (Å²) in [7, 11) is 1.76. The molecule has 184 valence electrons. The normalized spacial score (nSPS) is 18.3. The van der Waals surface area contributed by atoms with Gasteiger partial charge >= 0.3 is 0 Å². The summed E-state index contributed by atoms with van der Waals surface area (Å²) < 4.78 is 34.6. The van der Waals surface area contributed by atoms with Crippen LogP contribution < -0.4 is 15.0 Å². The number of halogens is 3. The Labute approximate surface area is 206 Å². The van der Waals surface area contributed by atoms with Gasteiger partial charge in [-0.2, -0.15) is 0 Å². The second-order valence-electron chi connectivity index (χ2n) is 7.95. The van der Waals surface area contributed by atoms with Gasteiger partial charge in [0.15, 0.2) is 5.75 Å². The van der Waals surface area contributed by atoms with Crippen LogP contribution in [0.25, 0.3) is 11.1 Å². The zero-order chi connectivity index (χ0) is 24.8. The van der Waals surface area contributed by atoms with Gasteiger partial charge in [-0.25, -0.2) is 8.78 Å². The number of rotatable bonds is 3. The van der Waals surface area contributed by atoms with Crippen LogP contribution in [0.1, 0.15) is 32.8 Å². The van der Waals surface area contributed by atoms with Crippen LogP contribution in [-0.4, -0.2) is 56.6 Å². The number of benzene rings is 2. The van der Waals surface area contributed by atoms with Crippen LogP contribution >= 0.6 is 11.6 Å². The molecule has 0 amide bonds. The summed E-state index contributed by atoms with van der Waals surface area (Å²) in [6, 6.07) is 5.51. The van der Waals surface area contributed by atoms with E-state index in [1.807, 2.05) is 18.7 Å². The molecule has 2 aromatic carbocycles. The molecule has 2 heterocycles. The Morgan fingerprint density at radius 1 is 1.26 bits per heavy atom. The topological polar surface area (TPSA) is 40.1 Å². The van der Waals surface area contributed by atoms with Crippen molar-refractivity contribution in [2.75, 3.05) is 44.7 Å². The standard InChI is InChI=1S/C24H27ClF2N4O.C2H6/c1-4-30-9-5-11-32-23-21(17-7-6-16(26)12-20(17)27)19(25)13-18(22(23)30)24(28-3)31-10-8-29-14-15(31)2;1-2/h4,6-7,12-13,15,29H,1,5,8-11,14H2,2-3H3;1-2H3. The van der Waals surface area contributed by atoms with Crippen LogP contribution in [0.15, 0.2) is 42.0 Å². The summed E-state index contributed by atoms with van der Waals surface area (Å²) in [4.78, 5) is 8.87. The number of piperazine rings is 1. The molecule has 1 atom stereocenters. The van der Waals surface area contributed by atoms with Gasteiger partial charge in [0.05, 0.1) is 17.3 Å². The van der Waals surface area contributed by atoms with E-state index in [9.17, 15) is 8.78 Å². The van der Waals surface area contributed by atoms with Gasteiger partial charge < -0.3 is 19.9 Å². The second kappa shape index (κ2) is 11.7. The van der Waals surface area contributed by atoms with E-state index in [4.69, 9.17) is 16.3 Å². The van der Waals surface area contributed by atoms with Crippen molar-refractivity contribution < 1.29 is 13.5 Å². The van der Waals surface area contributed by atoms with Gasteiger partial charge in [-0.05, 0) is 37.7 Å². The molecule has 2 aliphatic rings. The third-order valence-corrected chi connectivity index (χ3v) is 6.23. The van der Waals surface area contributed by atoms with Gasteiger partial charge in [0, 0.05) is 62.0 Å². The molecule has 0 saturated carbocycles. The maximum Gasteiger partial charge on any atom is 0.153 e. The number of anilines is 1. The minimum Gasteiger partial charge on any atom is -0.491 e. The number of ether oxygens (including phenoxy) is 1. The summed E-state index contributed by atoms with van der Waals surface area (Å²) in [5.74, 6) is -0.0910. The van der Waals surface area contributed by atoms with E-state index in [1.165, 1.54) is 12.1 Å². The summed E-state index contributed by atoms with van der Waals surface area (Å²) in [5, 5.41) is 3.71. The fourth-order valence-corrected chi connectivity index (χ4v) is 4.72. The summed E-state index contributed by atoms with van der Waals surface area (Å²) in [6.45, 7) is 13.7. The van der Waals surface area contributed by atoms with Gasteiger partial charge in [-0.3, -0.25) is 4.99 Å². The van der Waals surface area contributed by atoms with E-state index < -0.39 is 11.6 Å². The molecule has 4 rings (SSSR count). The van der Waals surface area contributed by atoms with E-state index in [-0.39, 0.29) is 11.6 Å². The first-order valence-electron chi connectivity index (χ1n) is 11.7. The van der Waals surface area contributed by atoms with Crippen LogP contribution in [0.3, 0.4) is 0 Å². The van der Waals surface area contributed by atoms with Gasteiger partial charge in [-0.15, -0.1) is 0 Å². The van der Waals surface area contributed by atoms with Gasteiger partial charge in [0.1, 0.15) is 17.5 Å². The number of hydrogen-bond acceptors (Lipinski definition) is 4. The average Bonchev–Trinajstić information content (AvgIpc) is 3.05. The predicted octanol–water partition coefficient (Wildman–Crippen LogP) is 5.71. The molecule has 0 radical (unpaired) electrons. The number of aliphatic imine (C=N–C) groups is 1. The molecule has 1 N–H and O–H groups in total. The lowest BCUT2D eigenvalue weighted by molar-refractivity contribution is 0.274. The number of fused-ring (bicyclic) bond motifs is 1. The van der Waals surface area contributed by atoms with E-state index in [0.29, 0.717) is 29.5 Å². The molecular formula is C26H33ClF2N4O. The Bertz CT molecular complexity index is 1060. The van der Waals surface area contributed by atoms with E-state index in [2.05, 4.69) is 28.7 Å². The molecule has 8 heteroatoms. The maximum atomic E-state index is 14.8. The second-order valence-corrected chi connectivity index (χ2v) is 8.36. The Morgan fingerprint density at radius 3 is 2.68 bits per heavy atom. The van der Waals surface area contributed by atoms with Crippen LogP contribution in [-0.2, 0) is 0 Å². The van der Waals surface area contributed by atoms with Crippen LogP contribution in [0.2, 0.25) is 5.02 Å². The minimum absolute atomic E-state index is 0.190. The van der Waals surface area contributed by atoms with Crippen molar-refractivity contribution in [3.8, 4) is 16.9 Å². The van der Waals surface area contributed by atoms with Crippen LogP contribution in [0.5, 0.6) is 5.75 Å². The fourth-order valence-electron chi connectivity index (χ4n) is 4.42. The molecule has 1 unspecified atom stereocenters. The summed E-state index contributed by atoms with van der Waals surface area (Å²) in [6.07, 6.45) is 2.50. The molecular weight excluding hydrogens is 458 g/mol. The lowest BCUT2D eigenvalue weighted by atomic mass is 9.97. The number of hydrogen-bond donors (Lipinski definition) is 1. The monoisotopic (exact) mass is 490 g/mol. The molecule has 1 saturated heterocycles. The molecule has 0 aliphatic carbocycles. The van der Waals surface area contributed by atoms with Crippen molar-refractivity contribution in [2.45, 2.75) is 33.2 Å². The minimum atomic E-state index is -0.694. The van der Waals surface area contributed by atoms with Crippen molar-refractivity contribution in [1.29, 1.82) is 0 Å². The molecule has 1 fully saturated rings. The first-order chi connectivity index (χ1) is 16.5. The Kier molecular flexibility index (Phi) is 8.91. The Hall–Kier alpha value is -2.64. The quantitative estimate of drug-likeness (QED) is 0.441. The lowest BCUT2D eigenvalue weighted by Crippen LogP contribution is -2.52. The third-order valence-electron chi connectivity index (χ3n) is 5.93. The van der Waals surface area contributed by atoms with Crippen LogP contribution in [0.4, 0.5) is 14.5 Å². The molecule has 0 spiro atoms. The Balaban J connectivity index is 0.00000158. The van der Waals surface area contributed by atoms with E-state index >= 15 is 0 Å². The van der Waals surface area contributed by atoms with E-state index in [1.54, 1.807) is 19.3 Å². The smallest absolute Gasteiger partial charge is 0.153 e. The highest BCUT2D eigenvalue weighted by atomic mass is 35.5. The number of nitrogens with one attached hydrogen (secondary N) is 1. The zero-order valence-corrected chi connectivity index (χ0v) is 21.1. The molecule has 34 heavy (non-hydrogen) atoms. The molecule has 5 nitrogen and oxygen atoms in total. The lowest BCUT2D eigenvalue weighted by Gasteiger charge is -2.38. The zero-order valence-electron chi connectivity index (χ0n) is 20.3. The van der Waals surface area contributed by atoms with Gasteiger partial charge in [0.2, 0.25) is 0 Å². The van der Waals surface area contributed by atoms with Crippen LogP contribution in [0, 0.1) is 11.6 Å². The van der Waals surface area contributed by atoms with Crippen molar-refractivity contribution >= 4 is 23.1 Å². The first kappa shape index (κ1) is 26.0. The van der Waals surface area contributed by atoms with E-state index in [0.717, 1.165) is 49.2 Å². The van der Waals surface area contributed by atoms with Crippen molar-refractivity contribution in [1.82, 2.24) is 10.2 Å². The van der Waals surface area contributed by atoms with Crippen molar-refractivity contribution in [3.63, 3.8) is 0 Å². The average molecular weight is 491 g/mol. The highest BCUT2D eigenvalue weighted by Gasteiger charge is 2.31. The predicted molar refractivity (Wildman–Crippen MR) is 137 cm³/mol. The summed E-state index contributed by atoms with van der Waals surface area (Å²) >= 11 is 6.76. The molecule has 2 aromatic rings. The molecule has 0 aromatic heterocycles. The van der Waals surface area contributed by atoms with Crippen molar-refractivity contribution in [3.05, 3.63) is 59.3 Å². The fraction of sp³-hybridized carbons (Fsp3) is 0.423. The number of amidine groups is 1. The maximum absolute atomic E-state index is 14.8. The third kappa shape index (κ3) is 5.05. The first-order valence-corrected chi connectivity index (χ1v) is 12.1.